The smallest absolute Gasteiger partial charge is 0.340 e. The molecule has 2 N–H and O–H groups in total. The van der Waals surface area contributed by atoms with E-state index in [1.807, 2.05) is 19.1 Å². The summed E-state index contributed by atoms with van der Waals surface area (Å²) in [5.74, 6) is -0.698. The molecule has 0 fully saturated rings. The molecule has 0 spiro atoms. The van der Waals surface area contributed by atoms with Crippen LogP contribution in [0.3, 0.4) is 0 Å². The summed E-state index contributed by atoms with van der Waals surface area (Å²) >= 11 is 0. The largest absolute Gasteiger partial charge is 0.458 e. The van der Waals surface area contributed by atoms with Crippen LogP contribution in [0.4, 0.5) is 4.39 Å². The molecule has 0 bridgehead atoms. The Hall–Kier alpha value is -2.77. The Labute approximate surface area is 173 Å². The van der Waals surface area contributed by atoms with Gasteiger partial charge in [-0.2, -0.15) is 0 Å². The molecule has 3 heterocycles. The fourth-order valence-electron chi connectivity index (χ4n) is 5.07. The Balaban J connectivity index is 1.67. The number of ether oxygens (including phenoxy) is 2. The fourth-order valence-corrected chi connectivity index (χ4v) is 5.07. The number of nitrogens with two attached hydrogens (primary N) is 1. The number of hydrogen-bond donors (Lipinski definition) is 1. The maximum atomic E-state index is 14.1. The van der Waals surface area contributed by atoms with Crippen LogP contribution in [-0.2, 0) is 33.8 Å². The Morgan fingerprint density at radius 3 is 2.80 bits per heavy atom. The monoisotopic (exact) mass is 410 g/mol. The Morgan fingerprint density at radius 1 is 1.23 bits per heavy atom. The molecule has 1 aromatic carbocycles. The van der Waals surface area contributed by atoms with Gasteiger partial charge in [0.15, 0.2) is 6.10 Å². The summed E-state index contributed by atoms with van der Waals surface area (Å²) in [7, 11) is 1.42. The first-order valence-electron chi connectivity index (χ1n) is 10.1. The molecule has 2 atom stereocenters. The van der Waals surface area contributed by atoms with Gasteiger partial charge in [0.2, 0.25) is 0 Å². The molecule has 1 aliphatic carbocycles. The zero-order valence-electron chi connectivity index (χ0n) is 17.0. The van der Waals surface area contributed by atoms with Gasteiger partial charge in [-0.1, -0.05) is 6.07 Å². The highest BCUT2D eigenvalue weighted by atomic mass is 19.1. The average molecular weight is 410 g/mol. The van der Waals surface area contributed by atoms with Crippen LogP contribution >= 0.6 is 0 Å². The number of carbonyl (C=O) groups excluding carboxylic acids is 1. The van der Waals surface area contributed by atoms with E-state index in [0.717, 1.165) is 41.5 Å². The molecule has 0 amide bonds. The quantitative estimate of drug-likeness (QED) is 0.731. The fraction of sp³-hybridized carbons (Fsp3) is 0.391. The molecule has 30 heavy (non-hydrogen) atoms. The van der Waals surface area contributed by atoms with Gasteiger partial charge in [-0.15, -0.1) is 0 Å². The van der Waals surface area contributed by atoms with Gasteiger partial charge in [-0.25, -0.2) is 9.18 Å². The number of allylic oxidation sites excluding steroid dienone is 1. The minimum atomic E-state index is -0.919. The van der Waals surface area contributed by atoms with Crippen molar-refractivity contribution < 1.29 is 18.7 Å². The van der Waals surface area contributed by atoms with E-state index in [0.29, 0.717) is 28.9 Å². The second kappa shape index (κ2) is 6.89. The van der Waals surface area contributed by atoms with Gasteiger partial charge in [0.25, 0.3) is 5.56 Å². The van der Waals surface area contributed by atoms with Crippen LogP contribution in [-0.4, -0.2) is 17.6 Å². The number of halogens is 1. The van der Waals surface area contributed by atoms with Crippen molar-refractivity contribution in [3.8, 4) is 0 Å². The second-order valence-electron chi connectivity index (χ2n) is 8.15. The maximum Gasteiger partial charge on any atom is 0.340 e. The van der Waals surface area contributed by atoms with Crippen LogP contribution in [0.2, 0.25) is 0 Å². The molecule has 6 nitrogen and oxygen atoms in total. The van der Waals surface area contributed by atoms with Crippen molar-refractivity contribution in [1.82, 2.24) is 4.57 Å². The van der Waals surface area contributed by atoms with Crippen molar-refractivity contribution in [2.45, 2.75) is 51.5 Å². The maximum absolute atomic E-state index is 14.1. The summed E-state index contributed by atoms with van der Waals surface area (Å²) < 4.78 is 26.2. The first-order chi connectivity index (χ1) is 14.4. The number of pyridine rings is 1. The standard InChI is InChI=1S/C23H23FN2O4/c1-11-12-4-3-5-13(14(12)6-7-18(11)24)16-9-26-19(20(16)25)8-15-17(22(26)27)10-30-23(28)21(15)29-2/h6-8,20-21H,3-5,9-10,25H2,1-2H3/b16-13-. The van der Waals surface area contributed by atoms with Gasteiger partial charge in [-0.05, 0) is 66.2 Å². The van der Waals surface area contributed by atoms with Crippen LogP contribution in [0.1, 0.15) is 58.5 Å². The predicted molar refractivity (Wildman–Crippen MR) is 108 cm³/mol. The number of carbonyl (C=O) groups is 1. The molecule has 0 radical (unpaired) electrons. The van der Waals surface area contributed by atoms with Crippen LogP contribution in [0.5, 0.6) is 0 Å². The zero-order valence-corrected chi connectivity index (χ0v) is 17.0. The van der Waals surface area contributed by atoms with E-state index >= 15 is 0 Å². The second-order valence-corrected chi connectivity index (χ2v) is 8.15. The molecule has 2 aliphatic heterocycles. The predicted octanol–water partition coefficient (Wildman–Crippen LogP) is 2.84. The molecular formula is C23H23FN2O4. The van der Waals surface area contributed by atoms with E-state index in [2.05, 4.69) is 0 Å². The molecule has 2 unspecified atom stereocenters. The molecule has 7 heteroatoms. The molecule has 0 saturated carbocycles. The molecule has 2 aromatic rings. The molecule has 1 aromatic heterocycles. The van der Waals surface area contributed by atoms with E-state index in [-0.39, 0.29) is 18.0 Å². The van der Waals surface area contributed by atoms with Gasteiger partial charge in [0.05, 0.1) is 11.6 Å². The lowest BCUT2D eigenvalue weighted by Gasteiger charge is -2.24. The molecule has 0 saturated heterocycles. The van der Waals surface area contributed by atoms with Crippen molar-refractivity contribution in [2.75, 3.05) is 7.11 Å². The normalized spacial score (nSPS) is 24.9. The summed E-state index contributed by atoms with van der Waals surface area (Å²) in [4.78, 5) is 25.2. The summed E-state index contributed by atoms with van der Waals surface area (Å²) in [5, 5.41) is 0. The number of benzene rings is 1. The van der Waals surface area contributed by atoms with Gasteiger partial charge < -0.3 is 19.8 Å². The van der Waals surface area contributed by atoms with E-state index < -0.39 is 18.1 Å². The number of cyclic esters (lactones) is 1. The van der Waals surface area contributed by atoms with Gasteiger partial charge in [0, 0.05) is 24.9 Å². The van der Waals surface area contributed by atoms with E-state index in [1.54, 1.807) is 4.57 Å². The molecule has 156 valence electrons. The van der Waals surface area contributed by atoms with Crippen LogP contribution < -0.4 is 11.3 Å². The highest BCUT2D eigenvalue weighted by Gasteiger charge is 2.37. The van der Waals surface area contributed by atoms with Gasteiger partial charge in [0.1, 0.15) is 12.4 Å². The summed E-state index contributed by atoms with van der Waals surface area (Å²) in [6.07, 6.45) is 1.67. The van der Waals surface area contributed by atoms with Gasteiger partial charge in [-0.3, -0.25) is 4.79 Å². The van der Waals surface area contributed by atoms with E-state index in [4.69, 9.17) is 15.2 Å². The van der Waals surface area contributed by atoms with Crippen molar-refractivity contribution in [3.63, 3.8) is 0 Å². The Morgan fingerprint density at radius 2 is 2.03 bits per heavy atom. The number of nitrogens with zero attached hydrogens (tertiary/aromatic N) is 1. The number of hydrogen-bond acceptors (Lipinski definition) is 5. The van der Waals surface area contributed by atoms with Crippen molar-refractivity contribution in [2.24, 2.45) is 5.73 Å². The molecule has 3 aliphatic rings. The minimum Gasteiger partial charge on any atom is -0.458 e. The third kappa shape index (κ3) is 2.62. The van der Waals surface area contributed by atoms with E-state index in [1.165, 1.54) is 13.2 Å². The summed E-state index contributed by atoms with van der Waals surface area (Å²) in [6.45, 7) is 2.14. The Bertz CT molecular complexity index is 1180. The van der Waals surface area contributed by atoms with Crippen molar-refractivity contribution in [1.29, 1.82) is 0 Å². The number of methoxy groups -OCH3 is 1. The summed E-state index contributed by atoms with van der Waals surface area (Å²) in [5.41, 5.74) is 12.9. The Kier molecular flexibility index (Phi) is 4.41. The lowest BCUT2D eigenvalue weighted by Crippen LogP contribution is -2.33. The van der Waals surface area contributed by atoms with Crippen LogP contribution in [0.15, 0.2) is 28.6 Å². The highest BCUT2D eigenvalue weighted by molar-refractivity contribution is 5.79. The SMILES string of the molecule is COC1C(=O)OCc2c1cc1n(c2=O)C/C(=C2\CCCc3c2ccc(F)c3C)C1N. The number of rotatable bonds is 1. The molecule has 5 rings (SSSR count). The number of fused-ring (bicyclic) bond motifs is 3. The zero-order chi connectivity index (χ0) is 21.2. The van der Waals surface area contributed by atoms with Crippen molar-refractivity contribution >= 4 is 11.5 Å². The van der Waals surface area contributed by atoms with Crippen LogP contribution in [0, 0.1) is 12.7 Å². The third-order valence-electron chi connectivity index (χ3n) is 6.68. The first-order valence-corrected chi connectivity index (χ1v) is 10.1. The third-order valence-corrected chi connectivity index (χ3v) is 6.68. The van der Waals surface area contributed by atoms with E-state index in [9.17, 15) is 14.0 Å². The van der Waals surface area contributed by atoms with Gasteiger partial charge >= 0.3 is 5.97 Å². The summed E-state index contributed by atoms with van der Waals surface area (Å²) in [6, 6.07) is 4.68. The van der Waals surface area contributed by atoms with Crippen LogP contribution in [0.25, 0.3) is 5.57 Å². The number of esters is 1. The minimum absolute atomic E-state index is 0.0599. The lowest BCUT2D eigenvalue weighted by molar-refractivity contribution is -0.159. The van der Waals surface area contributed by atoms with Crippen molar-refractivity contribution in [3.05, 3.63) is 73.5 Å². The number of aromatic nitrogens is 1. The lowest BCUT2D eigenvalue weighted by atomic mass is 9.81. The topological polar surface area (TPSA) is 83.5 Å². The molecular weight excluding hydrogens is 387 g/mol. The highest BCUT2D eigenvalue weighted by Crippen LogP contribution is 2.42. The first kappa shape index (κ1) is 19.2. The average Bonchev–Trinajstić information content (AvgIpc) is 3.07.